The van der Waals surface area contributed by atoms with Gasteiger partial charge in [0.15, 0.2) is 0 Å². The van der Waals surface area contributed by atoms with Crippen molar-refractivity contribution in [3.63, 3.8) is 0 Å². The van der Waals surface area contributed by atoms with E-state index in [1.165, 1.54) is 22.5 Å². The fraction of sp³-hybridized carbons (Fsp3) is 0.471. The molecule has 1 aromatic rings. The largest absolute Gasteiger partial charge is 0.379 e. The first-order valence-electron chi connectivity index (χ1n) is 9.03. The zero-order valence-corrected chi connectivity index (χ0v) is 17.3. The predicted octanol–water partition coefficient (Wildman–Crippen LogP) is 0.630. The number of nitrogens with one attached hydrogen (secondary N) is 2. The van der Waals surface area contributed by atoms with Crippen molar-refractivity contribution in [1.82, 2.24) is 14.5 Å². The maximum atomic E-state index is 12.8. The van der Waals surface area contributed by atoms with Gasteiger partial charge in [0, 0.05) is 13.1 Å². The summed E-state index contributed by atoms with van der Waals surface area (Å²) in [7, 11) is -3.77. The summed E-state index contributed by atoms with van der Waals surface area (Å²) < 4.78 is 32.0. The van der Waals surface area contributed by atoms with Crippen molar-refractivity contribution in [2.24, 2.45) is 0 Å². The first-order chi connectivity index (χ1) is 13.7. The maximum Gasteiger partial charge on any atom is 0.325 e. The number of carbonyl (C=O) groups excluding carboxylic acids is 3. The van der Waals surface area contributed by atoms with Crippen LogP contribution >= 0.6 is 11.6 Å². The molecule has 0 spiro atoms. The van der Waals surface area contributed by atoms with Gasteiger partial charge >= 0.3 is 6.03 Å². The van der Waals surface area contributed by atoms with Gasteiger partial charge in [-0.25, -0.2) is 13.2 Å². The van der Waals surface area contributed by atoms with E-state index in [-0.39, 0.29) is 28.7 Å². The Morgan fingerprint density at radius 1 is 1.31 bits per heavy atom. The number of nitrogens with zero attached hydrogens (tertiary/aromatic N) is 2. The van der Waals surface area contributed by atoms with Crippen molar-refractivity contribution in [1.29, 1.82) is 0 Å². The van der Waals surface area contributed by atoms with Crippen LogP contribution in [-0.4, -0.2) is 74.4 Å². The fourth-order valence-corrected chi connectivity index (χ4v) is 4.63. The molecule has 1 atom stereocenters. The molecule has 2 fully saturated rings. The number of sulfonamides is 1. The molecule has 12 heteroatoms. The number of anilines is 1. The molecule has 0 bridgehead atoms. The minimum absolute atomic E-state index is 0.0276. The molecule has 0 saturated carbocycles. The lowest BCUT2D eigenvalue weighted by Crippen LogP contribution is -2.40. The van der Waals surface area contributed by atoms with Crippen molar-refractivity contribution in [2.75, 3.05) is 38.2 Å². The Morgan fingerprint density at radius 2 is 2.00 bits per heavy atom. The van der Waals surface area contributed by atoms with E-state index in [1.54, 1.807) is 6.92 Å². The van der Waals surface area contributed by atoms with Crippen molar-refractivity contribution in [3.8, 4) is 0 Å². The van der Waals surface area contributed by atoms with Gasteiger partial charge in [0.25, 0.3) is 5.91 Å². The number of imide groups is 1. The number of morpholine rings is 1. The van der Waals surface area contributed by atoms with Gasteiger partial charge in [0.05, 0.1) is 28.8 Å². The summed E-state index contributed by atoms with van der Waals surface area (Å²) in [6, 6.07) is 2.68. The third-order valence-corrected chi connectivity index (χ3v) is 6.86. The summed E-state index contributed by atoms with van der Waals surface area (Å²) in [5.74, 6) is -1.16. The zero-order chi connectivity index (χ0) is 21.2. The van der Waals surface area contributed by atoms with Gasteiger partial charge in [-0.2, -0.15) is 4.31 Å². The number of hydrogen-bond donors (Lipinski definition) is 2. The molecule has 10 nitrogen and oxygen atoms in total. The Kier molecular flexibility index (Phi) is 6.42. The number of carbonyl (C=O) groups is 3. The van der Waals surface area contributed by atoms with E-state index in [1.807, 2.05) is 0 Å². The standard InChI is InChI=1S/C17H21ClN4O6S/c1-2-13-16(24)22(17(25)20-13)10-15(23)19-14-9-11(3-4-12(14)18)29(26,27)21-5-7-28-8-6-21/h3-4,9,13H,2,5-8,10H2,1H3,(H,19,23)(H,20,25)/t13-/m1/s1. The third-order valence-electron chi connectivity index (χ3n) is 4.64. The Balaban J connectivity index is 1.74. The molecule has 0 radical (unpaired) electrons. The molecule has 4 amide bonds. The molecule has 3 rings (SSSR count). The van der Waals surface area contributed by atoms with Crippen molar-refractivity contribution in [2.45, 2.75) is 24.3 Å². The number of amides is 4. The Hall–Kier alpha value is -2.21. The van der Waals surface area contributed by atoms with Crippen LogP contribution < -0.4 is 10.6 Å². The van der Waals surface area contributed by atoms with Crippen molar-refractivity contribution < 1.29 is 27.5 Å². The number of hydrogen-bond acceptors (Lipinski definition) is 6. The highest BCUT2D eigenvalue weighted by molar-refractivity contribution is 7.89. The molecule has 0 unspecified atom stereocenters. The van der Waals surface area contributed by atoms with Crippen LogP contribution in [0.4, 0.5) is 10.5 Å². The van der Waals surface area contributed by atoms with Crippen LogP contribution in [0.3, 0.4) is 0 Å². The molecule has 0 aliphatic carbocycles. The van der Waals surface area contributed by atoms with Gasteiger partial charge in [-0.15, -0.1) is 0 Å². The maximum absolute atomic E-state index is 12.8. The fourth-order valence-electron chi connectivity index (χ4n) is 3.03. The van der Waals surface area contributed by atoms with E-state index in [0.29, 0.717) is 19.6 Å². The molecule has 2 aliphatic heterocycles. The summed E-state index contributed by atoms with van der Waals surface area (Å²) in [5.41, 5.74) is 0.0742. The van der Waals surface area contributed by atoms with Gasteiger partial charge in [0.1, 0.15) is 12.6 Å². The van der Waals surface area contributed by atoms with Crippen LogP contribution in [0, 0.1) is 0 Å². The average Bonchev–Trinajstić information content (AvgIpc) is 2.97. The smallest absolute Gasteiger partial charge is 0.325 e. The first kappa shape index (κ1) is 21.5. The SMILES string of the molecule is CC[C@H]1NC(=O)N(CC(=O)Nc2cc(S(=O)(=O)N3CCOCC3)ccc2Cl)C1=O. The van der Waals surface area contributed by atoms with Crippen molar-refractivity contribution in [3.05, 3.63) is 23.2 Å². The molecule has 1 aromatic carbocycles. The molecule has 2 aliphatic rings. The van der Waals surface area contributed by atoms with E-state index in [0.717, 1.165) is 4.90 Å². The number of ether oxygens (including phenoxy) is 1. The monoisotopic (exact) mass is 444 g/mol. The van der Waals surface area contributed by atoms with E-state index in [9.17, 15) is 22.8 Å². The number of benzene rings is 1. The van der Waals surface area contributed by atoms with E-state index >= 15 is 0 Å². The highest BCUT2D eigenvalue weighted by Gasteiger charge is 2.37. The van der Waals surface area contributed by atoms with Crippen LogP contribution in [0.15, 0.2) is 23.1 Å². The first-order valence-corrected chi connectivity index (χ1v) is 10.8. The number of urea groups is 1. The quantitative estimate of drug-likeness (QED) is 0.620. The van der Waals surface area contributed by atoms with Gasteiger partial charge in [-0.05, 0) is 24.6 Å². The molecule has 2 saturated heterocycles. The van der Waals surface area contributed by atoms with Gasteiger partial charge in [-0.3, -0.25) is 14.5 Å². The minimum Gasteiger partial charge on any atom is -0.379 e. The molecule has 0 aromatic heterocycles. The number of halogens is 1. The van der Waals surface area contributed by atoms with Gasteiger partial charge in [-0.1, -0.05) is 18.5 Å². The highest BCUT2D eigenvalue weighted by atomic mass is 35.5. The van der Waals surface area contributed by atoms with E-state index in [2.05, 4.69) is 10.6 Å². The lowest BCUT2D eigenvalue weighted by molar-refractivity contribution is -0.130. The molecular weight excluding hydrogens is 424 g/mol. The average molecular weight is 445 g/mol. The minimum atomic E-state index is -3.77. The lowest BCUT2D eigenvalue weighted by Gasteiger charge is -2.26. The van der Waals surface area contributed by atoms with Crippen LogP contribution in [0.1, 0.15) is 13.3 Å². The number of rotatable bonds is 6. The molecular formula is C17H21ClN4O6S. The zero-order valence-electron chi connectivity index (χ0n) is 15.7. The topological polar surface area (TPSA) is 125 Å². The van der Waals surface area contributed by atoms with Crippen LogP contribution in [0.25, 0.3) is 0 Å². The Morgan fingerprint density at radius 3 is 2.62 bits per heavy atom. The summed E-state index contributed by atoms with van der Waals surface area (Å²) in [4.78, 5) is 37.1. The molecule has 29 heavy (non-hydrogen) atoms. The molecule has 158 valence electrons. The van der Waals surface area contributed by atoms with Crippen molar-refractivity contribution >= 4 is 45.2 Å². The van der Waals surface area contributed by atoms with E-state index in [4.69, 9.17) is 16.3 Å². The second-order valence-corrected chi connectivity index (χ2v) is 8.89. The van der Waals surface area contributed by atoms with Gasteiger partial charge in [0.2, 0.25) is 15.9 Å². The van der Waals surface area contributed by atoms with Crippen LogP contribution in [0.5, 0.6) is 0 Å². The van der Waals surface area contributed by atoms with Crippen LogP contribution in [-0.2, 0) is 24.3 Å². The second-order valence-electron chi connectivity index (χ2n) is 6.54. The summed E-state index contributed by atoms with van der Waals surface area (Å²) in [6.45, 7) is 2.32. The Bertz CT molecular complexity index is 932. The van der Waals surface area contributed by atoms with E-state index < -0.39 is 40.5 Å². The second kappa shape index (κ2) is 8.66. The Labute approximate surface area is 173 Å². The third kappa shape index (κ3) is 4.53. The van der Waals surface area contributed by atoms with Crippen LogP contribution in [0.2, 0.25) is 5.02 Å². The summed E-state index contributed by atoms with van der Waals surface area (Å²) >= 11 is 6.09. The highest BCUT2D eigenvalue weighted by Crippen LogP contribution is 2.27. The summed E-state index contributed by atoms with van der Waals surface area (Å²) in [5, 5.41) is 5.09. The summed E-state index contributed by atoms with van der Waals surface area (Å²) in [6.07, 6.45) is 0.413. The molecule has 2 N–H and O–H groups in total. The lowest BCUT2D eigenvalue weighted by atomic mass is 10.2. The van der Waals surface area contributed by atoms with Gasteiger partial charge < -0.3 is 15.4 Å². The normalized spacial score (nSPS) is 20.6. The predicted molar refractivity (Wildman–Crippen MR) is 104 cm³/mol. The molecule has 2 heterocycles.